The first-order valence-corrected chi connectivity index (χ1v) is 9.78. The molecule has 0 aliphatic rings. The van der Waals surface area contributed by atoms with Crippen LogP contribution in [-0.2, 0) is 22.6 Å². The largest absolute Gasteiger partial charge is 0.461 e. The molecule has 2 aromatic heterocycles. The molecule has 30 heavy (non-hydrogen) atoms. The number of aryl methyl sites for hydroxylation is 2. The molecule has 0 atom stereocenters. The summed E-state index contributed by atoms with van der Waals surface area (Å²) in [6.45, 7) is 5.29. The van der Waals surface area contributed by atoms with E-state index in [0.29, 0.717) is 34.1 Å². The first-order valence-electron chi connectivity index (χ1n) is 9.41. The number of hydrogen-bond donors (Lipinski definition) is 1. The van der Waals surface area contributed by atoms with Gasteiger partial charge in [-0.15, -0.1) is 0 Å². The monoisotopic (exact) mass is 424 g/mol. The average Bonchev–Trinajstić information content (AvgIpc) is 3.00. The summed E-state index contributed by atoms with van der Waals surface area (Å²) >= 11 is 6.46. The predicted octanol–water partition coefficient (Wildman–Crippen LogP) is 3.69. The number of aromatic nitrogens is 3. The first-order chi connectivity index (χ1) is 14.3. The van der Waals surface area contributed by atoms with E-state index in [1.54, 1.807) is 18.5 Å². The number of para-hydroxylation sites is 1. The lowest BCUT2D eigenvalue weighted by Crippen LogP contribution is -2.17. The number of benzene rings is 1. The number of aromatic amines is 1. The Morgan fingerprint density at radius 3 is 2.60 bits per heavy atom. The Labute approximate surface area is 178 Å². The summed E-state index contributed by atoms with van der Waals surface area (Å²) < 4.78 is 7.01. The van der Waals surface area contributed by atoms with Gasteiger partial charge in [-0.2, -0.15) is 10.4 Å². The highest BCUT2D eigenvalue weighted by atomic mass is 35.5. The minimum Gasteiger partial charge on any atom is -0.461 e. The van der Waals surface area contributed by atoms with Gasteiger partial charge in [0.05, 0.1) is 11.4 Å². The van der Waals surface area contributed by atoms with Crippen LogP contribution in [0.3, 0.4) is 0 Å². The molecule has 0 saturated heterocycles. The normalized spacial score (nSPS) is 10.6. The van der Waals surface area contributed by atoms with E-state index in [0.717, 1.165) is 11.3 Å². The van der Waals surface area contributed by atoms with Crippen LogP contribution in [0.1, 0.15) is 40.1 Å². The van der Waals surface area contributed by atoms with Crippen molar-refractivity contribution in [3.05, 3.63) is 79.5 Å². The van der Waals surface area contributed by atoms with E-state index >= 15 is 0 Å². The van der Waals surface area contributed by atoms with Crippen LogP contribution in [0.25, 0.3) is 5.69 Å². The number of hydrogen-bond acceptors (Lipinski definition) is 5. The zero-order valence-electron chi connectivity index (χ0n) is 17.0. The van der Waals surface area contributed by atoms with Gasteiger partial charge in [-0.1, -0.05) is 29.8 Å². The molecule has 0 unspecified atom stereocenters. The predicted molar refractivity (Wildman–Crippen MR) is 113 cm³/mol. The molecule has 3 rings (SSSR count). The summed E-state index contributed by atoms with van der Waals surface area (Å²) in [5, 5.41) is 14.0. The topological polar surface area (TPSA) is 101 Å². The summed E-state index contributed by atoms with van der Waals surface area (Å²) in [7, 11) is 0. The highest BCUT2D eigenvalue weighted by Crippen LogP contribution is 2.24. The molecule has 0 aliphatic carbocycles. The molecule has 154 valence electrons. The molecule has 0 fully saturated rings. The fraction of sp³-hybridized carbons (Fsp3) is 0.273. The van der Waals surface area contributed by atoms with Crippen LogP contribution in [0.5, 0.6) is 0 Å². The fourth-order valence-corrected chi connectivity index (χ4v) is 3.63. The van der Waals surface area contributed by atoms with Crippen LogP contribution in [0, 0.1) is 32.1 Å². The molecular weight excluding hydrogens is 404 g/mol. The van der Waals surface area contributed by atoms with Gasteiger partial charge in [0.15, 0.2) is 0 Å². The minimum absolute atomic E-state index is 0.0172. The Morgan fingerprint density at radius 1 is 1.23 bits per heavy atom. The number of pyridine rings is 1. The lowest BCUT2D eigenvalue weighted by atomic mass is 9.99. The summed E-state index contributed by atoms with van der Waals surface area (Å²) in [6.07, 6.45) is 0.472. The molecule has 1 aromatic carbocycles. The van der Waals surface area contributed by atoms with E-state index in [4.69, 9.17) is 21.6 Å². The maximum atomic E-state index is 12.3. The van der Waals surface area contributed by atoms with Crippen LogP contribution < -0.4 is 5.56 Å². The van der Waals surface area contributed by atoms with Crippen molar-refractivity contribution in [2.24, 2.45) is 0 Å². The lowest BCUT2D eigenvalue weighted by molar-refractivity contribution is -0.144. The number of ether oxygens (including phenoxy) is 1. The standard InChI is InChI=1S/C22H21ClN4O3/c1-13-17(14(2)25-22(29)18(13)11-24)9-10-20(28)30-12-19-15(3)26-27(21(19)23)16-7-5-4-6-8-16/h4-8H,9-10,12H2,1-3H3,(H,25,29). The van der Waals surface area contributed by atoms with Crippen molar-refractivity contribution in [3.8, 4) is 11.8 Å². The Morgan fingerprint density at radius 2 is 1.93 bits per heavy atom. The molecule has 2 heterocycles. The van der Waals surface area contributed by atoms with Crippen molar-refractivity contribution in [2.75, 3.05) is 0 Å². The van der Waals surface area contributed by atoms with Crippen molar-refractivity contribution >= 4 is 17.6 Å². The van der Waals surface area contributed by atoms with Gasteiger partial charge in [0.2, 0.25) is 0 Å². The van der Waals surface area contributed by atoms with E-state index in [1.807, 2.05) is 43.3 Å². The zero-order valence-corrected chi connectivity index (χ0v) is 17.7. The number of halogens is 1. The first kappa shape index (κ1) is 21.3. The van der Waals surface area contributed by atoms with Gasteiger partial charge in [0.1, 0.15) is 23.4 Å². The highest BCUT2D eigenvalue weighted by Gasteiger charge is 2.17. The van der Waals surface area contributed by atoms with Crippen LogP contribution in [0.4, 0.5) is 0 Å². The summed E-state index contributed by atoms with van der Waals surface area (Å²) in [5.41, 5.74) is 3.82. The number of nitriles is 1. The second-order valence-electron chi connectivity index (χ2n) is 6.93. The summed E-state index contributed by atoms with van der Waals surface area (Å²) in [6, 6.07) is 11.4. The number of H-pyrrole nitrogens is 1. The molecular formula is C22H21ClN4O3. The highest BCUT2D eigenvalue weighted by molar-refractivity contribution is 6.30. The second-order valence-corrected chi connectivity index (χ2v) is 7.29. The van der Waals surface area contributed by atoms with Crippen molar-refractivity contribution in [3.63, 3.8) is 0 Å². The SMILES string of the molecule is Cc1nn(-c2ccccc2)c(Cl)c1COC(=O)CCc1c(C)[nH]c(=O)c(C#N)c1C. The van der Waals surface area contributed by atoms with Crippen molar-refractivity contribution in [1.82, 2.24) is 14.8 Å². The van der Waals surface area contributed by atoms with Gasteiger partial charge in [0.25, 0.3) is 5.56 Å². The number of nitrogens with one attached hydrogen (secondary N) is 1. The molecule has 0 radical (unpaired) electrons. The maximum Gasteiger partial charge on any atom is 0.306 e. The molecule has 3 aromatic rings. The number of esters is 1. The van der Waals surface area contributed by atoms with Crippen molar-refractivity contribution in [2.45, 2.75) is 40.2 Å². The Kier molecular flexibility index (Phi) is 6.38. The molecule has 0 saturated carbocycles. The van der Waals surface area contributed by atoms with Crippen LogP contribution in [0.15, 0.2) is 35.1 Å². The zero-order chi connectivity index (χ0) is 21.8. The molecule has 0 bridgehead atoms. The molecule has 0 spiro atoms. The maximum absolute atomic E-state index is 12.3. The molecule has 0 amide bonds. The quantitative estimate of drug-likeness (QED) is 0.608. The Bertz CT molecular complexity index is 1190. The van der Waals surface area contributed by atoms with E-state index < -0.39 is 11.5 Å². The lowest BCUT2D eigenvalue weighted by Gasteiger charge is -2.11. The third-order valence-electron chi connectivity index (χ3n) is 5.00. The molecule has 8 heteroatoms. The van der Waals surface area contributed by atoms with Crippen LogP contribution in [0.2, 0.25) is 5.15 Å². The second kappa shape index (κ2) is 8.97. The molecule has 7 nitrogen and oxygen atoms in total. The number of carbonyl (C=O) groups is 1. The van der Waals surface area contributed by atoms with Gasteiger partial charge in [0, 0.05) is 17.7 Å². The van der Waals surface area contributed by atoms with E-state index in [9.17, 15) is 9.59 Å². The van der Waals surface area contributed by atoms with Gasteiger partial charge < -0.3 is 9.72 Å². The van der Waals surface area contributed by atoms with Crippen LogP contribution in [-0.4, -0.2) is 20.7 Å². The fourth-order valence-electron chi connectivity index (χ4n) is 3.31. The molecule has 1 N–H and O–H groups in total. The van der Waals surface area contributed by atoms with Gasteiger partial charge in [-0.05, 0) is 50.5 Å². The summed E-state index contributed by atoms with van der Waals surface area (Å²) in [4.78, 5) is 26.8. The Balaban J connectivity index is 1.68. The van der Waals surface area contributed by atoms with E-state index in [-0.39, 0.29) is 18.6 Å². The minimum atomic E-state index is -0.417. The average molecular weight is 425 g/mol. The third-order valence-corrected chi connectivity index (χ3v) is 5.39. The Hall–Kier alpha value is -3.37. The molecule has 0 aliphatic heterocycles. The van der Waals surface area contributed by atoms with Gasteiger partial charge >= 0.3 is 5.97 Å². The third kappa shape index (κ3) is 4.29. The van der Waals surface area contributed by atoms with Crippen molar-refractivity contribution < 1.29 is 9.53 Å². The number of carbonyl (C=O) groups excluding carboxylic acids is 1. The van der Waals surface area contributed by atoms with Crippen LogP contribution >= 0.6 is 11.6 Å². The van der Waals surface area contributed by atoms with Crippen molar-refractivity contribution in [1.29, 1.82) is 5.26 Å². The van der Waals surface area contributed by atoms with E-state index in [1.165, 1.54) is 0 Å². The van der Waals surface area contributed by atoms with E-state index in [2.05, 4.69) is 10.1 Å². The van der Waals surface area contributed by atoms with Gasteiger partial charge in [-0.3, -0.25) is 9.59 Å². The smallest absolute Gasteiger partial charge is 0.306 e. The summed E-state index contributed by atoms with van der Waals surface area (Å²) in [5.74, 6) is -0.401. The van der Waals surface area contributed by atoms with Gasteiger partial charge in [-0.25, -0.2) is 4.68 Å². The number of rotatable bonds is 6. The number of nitrogens with zero attached hydrogens (tertiary/aromatic N) is 3.